The van der Waals surface area contributed by atoms with Crippen LogP contribution in [0.5, 0.6) is 17.4 Å². The second-order valence-electron chi connectivity index (χ2n) is 9.81. The van der Waals surface area contributed by atoms with E-state index in [4.69, 9.17) is 21.1 Å². The van der Waals surface area contributed by atoms with E-state index in [-0.39, 0.29) is 34.4 Å². The van der Waals surface area contributed by atoms with E-state index in [9.17, 15) is 26.4 Å². The Labute approximate surface area is 231 Å². The Kier molecular flexibility index (Phi) is 9.89. The lowest BCUT2D eigenvalue weighted by molar-refractivity contribution is -0.137. The van der Waals surface area contributed by atoms with Crippen molar-refractivity contribution in [3.05, 3.63) is 52.2 Å². The first-order valence-corrected chi connectivity index (χ1v) is 14.2. The van der Waals surface area contributed by atoms with Crippen LogP contribution in [0.15, 0.2) is 36.0 Å². The van der Waals surface area contributed by atoms with E-state index in [1.807, 2.05) is 4.72 Å². The fourth-order valence-electron chi connectivity index (χ4n) is 3.96. The molecule has 1 aromatic heterocycles. The zero-order chi connectivity index (χ0) is 29.0. The van der Waals surface area contributed by atoms with Crippen molar-refractivity contribution in [3.8, 4) is 17.4 Å². The van der Waals surface area contributed by atoms with Crippen LogP contribution in [-0.4, -0.2) is 31.5 Å². The predicted molar refractivity (Wildman–Crippen MR) is 142 cm³/mol. The van der Waals surface area contributed by atoms with Gasteiger partial charge < -0.3 is 9.47 Å². The maximum Gasteiger partial charge on any atom is 0.417 e. The molecule has 0 radical (unpaired) electrons. The molecule has 214 valence electrons. The van der Waals surface area contributed by atoms with Gasteiger partial charge in [0.15, 0.2) is 0 Å². The number of aromatic nitrogens is 1. The molecule has 1 amide bonds. The molecule has 8 nitrogen and oxygen atoms in total. The topological polar surface area (TPSA) is 107 Å². The molecule has 0 saturated heterocycles. The zero-order valence-corrected chi connectivity index (χ0v) is 23.5. The lowest BCUT2D eigenvalue weighted by atomic mass is 9.88. The van der Waals surface area contributed by atoms with Gasteiger partial charge in [0.25, 0.3) is 5.91 Å². The largest absolute Gasteiger partial charge is 0.491 e. The van der Waals surface area contributed by atoms with Gasteiger partial charge in [-0.25, -0.2) is 9.71 Å². The number of nitrogens with one attached hydrogen (secondary N) is 2. The van der Waals surface area contributed by atoms with E-state index in [1.54, 1.807) is 26.0 Å². The van der Waals surface area contributed by atoms with Crippen molar-refractivity contribution >= 4 is 33.8 Å². The summed E-state index contributed by atoms with van der Waals surface area (Å²) < 4.78 is 80.0. The van der Waals surface area contributed by atoms with Gasteiger partial charge in [-0.05, 0) is 76.6 Å². The van der Waals surface area contributed by atoms with Crippen LogP contribution in [0, 0.1) is 5.92 Å². The van der Waals surface area contributed by atoms with E-state index in [0.717, 1.165) is 12.8 Å². The van der Waals surface area contributed by atoms with Gasteiger partial charge in [0.05, 0.1) is 11.7 Å². The number of amides is 1. The van der Waals surface area contributed by atoms with Crippen LogP contribution < -0.4 is 18.9 Å². The van der Waals surface area contributed by atoms with Crippen LogP contribution in [0.1, 0.15) is 64.5 Å². The Morgan fingerprint density at radius 1 is 1.18 bits per heavy atom. The second-order valence-corrected chi connectivity index (χ2v) is 11.7. The third kappa shape index (κ3) is 9.11. The lowest BCUT2D eigenvalue weighted by Gasteiger charge is -2.26. The molecule has 1 aromatic carbocycles. The number of rotatable bonds is 9. The first-order chi connectivity index (χ1) is 18.1. The molecule has 0 spiro atoms. The van der Waals surface area contributed by atoms with E-state index in [1.165, 1.54) is 19.1 Å². The number of halogens is 4. The maximum absolute atomic E-state index is 13.0. The number of hydrogen-bond donors (Lipinski definition) is 2. The van der Waals surface area contributed by atoms with Gasteiger partial charge in [0, 0.05) is 29.4 Å². The molecule has 0 aliphatic heterocycles. The number of ether oxygens (including phenoxy) is 2. The smallest absolute Gasteiger partial charge is 0.417 e. The third-order valence-corrected chi connectivity index (χ3v) is 7.36. The molecule has 3 rings (SSSR count). The molecule has 0 bridgehead atoms. The number of hydrogen-bond acceptors (Lipinski definition) is 6. The highest BCUT2D eigenvalue weighted by Gasteiger charge is 2.32. The number of carbonyl (C=O) groups is 1. The molecule has 1 saturated carbocycles. The van der Waals surface area contributed by atoms with Crippen LogP contribution >= 0.6 is 11.6 Å². The highest BCUT2D eigenvalue weighted by Crippen LogP contribution is 2.37. The summed E-state index contributed by atoms with van der Waals surface area (Å²) in [6, 6.07) is 5.07. The van der Waals surface area contributed by atoms with Crippen molar-refractivity contribution in [1.82, 2.24) is 14.4 Å². The SMILES string of the molecule is CC(=Cc1ccc(OC(C)C)cc1Oc1ncc(C(F)(F)F)cc1Cl)C(=O)NS(=O)(=O)NC1CCC(C)CC1. The van der Waals surface area contributed by atoms with Crippen molar-refractivity contribution in [3.63, 3.8) is 0 Å². The van der Waals surface area contributed by atoms with Crippen LogP contribution in [0.25, 0.3) is 6.08 Å². The van der Waals surface area contributed by atoms with E-state index >= 15 is 0 Å². The quantitative estimate of drug-likeness (QED) is 0.334. The summed E-state index contributed by atoms with van der Waals surface area (Å²) in [6.07, 6.45) is 0.324. The fourth-order valence-corrected chi connectivity index (χ4v) is 5.30. The Balaban J connectivity index is 1.84. The summed E-state index contributed by atoms with van der Waals surface area (Å²) in [6.45, 7) is 7.14. The minimum absolute atomic E-state index is 0.0338. The summed E-state index contributed by atoms with van der Waals surface area (Å²) in [7, 11) is -4.10. The molecule has 1 heterocycles. The zero-order valence-electron chi connectivity index (χ0n) is 21.9. The molecule has 0 atom stereocenters. The summed E-state index contributed by atoms with van der Waals surface area (Å²) in [4.78, 5) is 16.4. The Hall–Kier alpha value is -2.83. The van der Waals surface area contributed by atoms with Gasteiger partial charge in [-0.15, -0.1) is 0 Å². The minimum atomic E-state index is -4.64. The summed E-state index contributed by atoms with van der Waals surface area (Å²) in [5.74, 6) is -0.155. The number of nitrogens with zero attached hydrogens (tertiary/aromatic N) is 1. The van der Waals surface area contributed by atoms with E-state index in [0.29, 0.717) is 42.3 Å². The first kappa shape index (κ1) is 30.7. The monoisotopic (exact) mass is 589 g/mol. The van der Waals surface area contributed by atoms with Gasteiger partial charge in [-0.3, -0.25) is 4.79 Å². The van der Waals surface area contributed by atoms with Crippen LogP contribution in [0.3, 0.4) is 0 Å². The van der Waals surface area contributed by atoms with Crippen molar-refractivity contribution in [2.24, 2.45) is 5.92 Å². The summed E-state index contributed by atoms with van der Waals surface area (Å²) in [5, 5.41) is -0.376. The molecule has 2 N–H and O–H groups in total. The number of carbonyl (C=O) groups excluding carboxylic acids is 1. The standard InChI is InChI=1S/C26H31ClF3N3O5S/c1-15(2)37-21-10-7-18(23(13-21)38-25-22(27)12-19(14-31-25)26(28,29)30)11-17(4)24(34)33-39(35,36)32-20-8-5-16(3)6-9-20/h7,10-16,20,32H,5-6,8-9H2,1-4H3,(H,33,34). The molecule has 1 fully saturated rings. The normalized spacial score (nSPS) is 18.6. The molecule has 1 aliphatic carbocycles. The highest BCUT2D eigenvalue weighted by molar-refractivity contribution is 7.88. The Morgan fingerprint density at radius 3 is 2.44 bits per heavy atom. The molecular formula is C26H31ClF3N3O5S. The molecule has 13 heteroatoms. The molecule has 1 aliphatic rings. The van der Waals surface area contributed by atoms with E-state index < -0.39 is 27.9 Å². The average Bonchev–Trinajstić information content (AvgIpc) is 2.82. The summed E-state index contributed by atoms with van der Waals surface area (Å²) in [5.41, 5.74) is -0.698. The van der Waals surface area contributed by atoms with Crippen LogP contribution in [0.2, 0.25) is 5.02 Å². The minimum Gasteiger partial charge on any atom is -0.491 e. The number of pyridine rings is 1. The van der Waals surface area contributed by atoms with Crippen LogP contribution in [-0.2, 0) is 21.2 Å². The third-order valence-electron chi connectivity index (χ3n) is 5.99. The molecule has 0 unspecified atom stereocenters. The lowest BCUT2D eigenvalue weighted by Crippen LogP contribution is -2.46. The van der Waals surface area contributed by atoms with Gasteiger partial charge in [0.2, 0.25) is 5.88 Å². The highest BCUT2D eigenvalue weighted by atomic mass is 35.5. The first-order valence-electron chi connectivity index (χ1n) is 12.4. The predicted octanol–water partition coefficient (Wildman–Crippen LogP) is 6.27. The van der Waals surface area contributed by atoms with Gasteiger partial charge in [-0.2, -0.15) is 26.3 Å². The van der Waals surface area contributed by atoms with Crippen molar-refractivity contribution in [2.75, 3.05) is 0 Å². The second kappa shape index (κ2) is 12.6. The van der Waals surface area contributed by atoms with Gasteiger partial charge >= 0.3 is 16.4 Å². The average molecular weight is 590 g/mol. The summed E-state index contributed by atoms with van der Waals surface area (Å²) >= 11 is 6.01. The maximum atomic E-state index is 13.0. The Bertz CT molecular complexity index is 1320. The van der Waals surface area contributed by atoms with Gasteiger partial charge in [0.1, 0.15) is 16.5 Å². The van der Waals surface area contributed by atoms with Crippen molar-refractivity contribution in [1.29, 1.82) is 0 Å². The van der Waals surface area contributed by atoms with E-state index in [2.05, 4.69) is 16.6 Å². The molecule has 39 heavy (non-hydrogen) atoms. The number of alkyl halides is 3. The van der Waals surface area contributed by atoms with Crippen molar-refractivity contribution in [2.45, 2.75) is 71.7 Å². The van der Waals surface area contributed by atoms with Crippen molar-refractivity contribution < 1.29 is 35.9 Å². The fraction of sp³-hybridized carbons (Fsp3) is 0.462. The Morgan fingerprint density at radius 2 is 1.85 bits per heavy atom. The molecular weight excluding hydrogens is 559 g/mol. The van der Waals surface area contributed by atoms with Gasteiger partial charge in [-0.1, -0.05) is 18.5 Å². The molecule has 2 aromatic rings. The number of benzene rings is 1. The van der Waals surface area contributed by atoms with Crippen LogP contribution in [0.4, 0.5) is 13.2 Å².